The van der Waals surface area contributed by atoms with Crippen molar-refractivity contribution in [3.8, 4) is 0 Å². The second-order valence-corrected chi connectivity index (χ2v) is 5.87. The first kappa shape index (κ1) is 14.3. The number of ether oxygens (including phenoxy) is 2. The highest BCUT2D eigenvalue weighted by Gasteiger charge is 2.24. The van der Waals surface area contributed by atoms with Crippen LogP contribution in [0.1, 0.15) is 39.5 Å². The summed E-state index contributed by atoms with van der Waals surface area (Å²) in [6, 6.07) is 0. The van der Waals surface area contributed by atoms with Crippen molar-refractivity contribution in [1.29, 1.82) is 0 Å². The van der Waals surface area contributed by atoms with Crippen molar-refractivity contribution in [2.75, 3.05) is 26.2 Å². The van der Waals surface area contributed by atoms with Crippen LogP contribution in [0.3, 0.4) is 0 Å². The zero-order valence-electron chi connectivity index (χ0n) is 11.7. The predicted octanol–water partition coefficient (Wildman–Crippen LogP) is 1.42. The van der Waals surface area contributed by atoms with Crippen molar-refractivity contribution in [3.63, 3.8) is 0 Å². The van der Waals surface area contributed by atoms with E-state index in [0.29, 0.717) is 19.3 Å². The summed E-state index contributed by atoms with van der Waals surface area (Å²) >= 11 is 0. The SMILES string of the molecule is C[C@H]1CN(C[C@H](O)COC2CCCC2)C[C@H](C)O1. The molecule has 1 saturated heterocycles. The average molecular weight is 257 g/mol. The summed E-state index contributed by atoms with van der Waals surface area (Å²) in [5.74, 6) is 0. The first-order valence-corrected chi connectivity index (χ1v) is 7.31. The second kappa shape index (κ2) is 6.85. The Morgan fingerprint density at radius 2 is 1.83 bits per heavy atom. The van der Waals surface area contributed by atoms with Crippen molar-refractivity contribution in [1.82, 2.24) is 4.90 Å². The van der Waals surface area contributed by atoms with E-state index in [-0.39, 0.29) is 18.3 Å². The van der Waals surface area contributed by atoms with E-state index in [1.165, 1.54) is 25.7 Å². The summed E-state index contributed by atoms with van der Waals surface area (Å²) in [6.45, 7) is 7.17. The van der Waals surface area contributed by atoms with Gasteiger partial charge in [0.15, 0.2) is 0 Å². The van der Waals surface area contributed by atoms with Gasteiger partial charge in [-0.25, -0.2) is 0 Å². The van der Waals surface area contributed by atoms with Crippen LogP contribution in [-0.2, 0) is 9.47 Å². The maximum Gasteiger partial charge on any atom is 0.0900 e. The predicted molar refractivity (Wildman–Crippen MR) is 70.7 cm³/mol. The van der Waals surface area contributed by atoms with Gasteiger partial charge in [-0.15, -0.1) is 0 Å². The van der Waals surface area contributed by atoms with Crippen LogP contribution in [0.2, 0.25) is 0 Å². The maximum atomic E-state index is 10.0. The minimum absolute atomic E-state index is 0.261. The second-order valence-electron chi connectivity index (χ2n) is 5.87. The molecule has 0 aromatic heterocycles. The lowest BCUT2D eigenvalue weighted by molar-refractivity contribution is -0.0854. The molecule has 18 heavy (non-hydrogen) atoms. The number of nitrogens with zero attached hydrogens (tertiary/aromatic N) is 1. The number of morpholine rings is 1. The highest BCUT2D eigenvalue weighted by Crippen LogP contribution is 2.21. The van der Waals surface area contributed by atoms with Crippen molar-refractivity contribution in [3.05, 3.63) is 0 Å². The van der Waals surface area contributed by atoms with Crippen LogP contribution in [0.25, 0.3) is 0 Å². The van der Waals surface area contributed by atoms with Crippen LogP contribution in [0, 0.1) is 0 Å². The van der Waals surface area contributed by atoms with Gasteiger partial charge in [-0.05, 0) is 26.7 Å². The normalized spacial score (nSPS) is 32.8. The molecule has 2 rings (SSSR count). The molecule has 1 heterocycles. The Hall–Kier alpha value is -0.160. The minimum Gasteiger partial charge on any atom is -0.389 e. The zero-order valence-corrected chi connectivity index (χ0v) is 11.7. The molecule has 1 saturated carbocycles. The van der Waals surface area contributed by atoms with Crippen LogP contribution in [-0.4, -0.2) is 60.7 Å². The molecule has 2 aliphatic rings. The Kier molecular flexibility index (Phi) is 5.42. The lowest BCUT2D eigenvalue weighted by Gasteiger charge is -2.36. The molecule has 0 aromatic carbocycles. The molecule has 1 aliphatic carbocycles. The largest absolute Gasteiger partial charge is 0.389 e. The molecule has 0 bridgehead atoms. The van der Waals surface area contributed by atoms with Gasteiger partial charge in [-0.3, -0.25) is 4.90 Å². The van der Waals surface area contributed by atoms with E-state index in [1.807, 2.05) is 0 Å². The third kappa shape index (κ3) is 4.50. The topological polar surface area (TPSA) is 41.9 Å². The van der Waals surface area contributed by atoms with Crippen LogP contribution < -0.4 is 0 Å². The molecule has 1 N–H and O–H groups in total. The fourth-order valence-corrected chi connectivity index (χ4v) is 3.09. The Labute approximate surface area is 110 Å². The molecule has 0 unspecified atom stereocenters. The van der Waals surface area contributed by atoms with Gasteiger partial charge in [0.05, 0.1) is 31.0 Å². The van der Waals surface area contributed by atoms with Crippen molar-refractivity contribution in [2.45, 2.75) is 63.9 Å². The summed E-state index contributed by atoms with van der Waals surface area (Å²) in [4.78, 5) is 2.28. The highest BCUT2D eigenvalue weighted by atomic mass is 16.5. The van der Waals surface area contributed by atoms with E-state index in [1.54, 1.807) is 0 Å². The zero-order chi connectivity index (χ0) is 13.0. The third-order valence-electron chi connectivity index (χ3n) is 3.79. The molecular formula is C14H27NO3. The van der Waals surface area contributed by atoms with Crippen LogP contribution in [0.5, 0.6) is 0 Å². The van der Waals surface area contributed by atoms with E-state index in [4.69, 9.17) is 9.47 Å². The summed E-state index contributed by atoms with van der Waals surface area (Å²) in [6.07, 6.45) is 5.42. The minimum atomic E-state index is -0.372. The summed E-state index contributed by atoms with van der Waals surface area (Å²) in [5, 5.41) is 10.0. The van der Waals surface area contributed by atoms with Crippen molar-refractivity contribution >= 4 is 0 Å². The van der Waals surface area contributed by atoms with Crippen molar-refractivity contribution < 1.29 is 14.6 Å². The van der Waals surface area contributed by atoms with E-state index in [9.17, 15) is 5.11 Å². The van der Waals surface area contributed by atoms with Gasteiger partial charge in [0, 0.05) is 19.6 Å². The average Bonchev–Trinajstić information content (AvgIpc) is 2.77. The Balaban J connectivity index is 1.64. The van der Waals surface area contributed by atoms with Gasteiger partial charge < -0.3 is 14.6 Å². The van der Waals surface area contributed by atoms with E-state index in [0.717, 1.165) is 13.1 Å². The highest BCUT2D eigenvalue weighted by molar-refractivity contribution is 4.76. The number of β-amino-alcohol motifs (C(OH)–C–C–N with tert-alkyl or cyclic N) is 1. The molecule has 106 valence electrons. The summed E-state index contributed by atoms with van der Waals surface area (Å²) in [5.41, 5.74) is 0. The lowest BCUT2D eigenvalue weighted by Crippen LogP contribution is -2.48. The van der Waals surface area contributed by atoms with Crippen LogP contribution in [0.4, 0.5) is 0 Å². The fraction of sp³-hybridized carbons (Fsp3) is 1.00. The van der Waals surface area contributed by atoms with Gasteiger partial charge in [0.2, 0.25) is 0 Å². The first-order chi connectivity index (χ1) is 8.63. The van der Waals surface area contributed by atoms with Gasteiger partial charge >= 0.3 is 0 Å². The Morgan fingerprint density at radius 3 is 2.44 bits per heavy atom. The van der Waals surface area contributed by atoms with Crippen LogP contribution in [0.15, 0.2) is 0 Å². The van der Waals surface area contributed by atoms with Gasteiger partial charge in [0.1, 0.15) is 0 Å². The van der Waals surface area contributed by atoms with Gasteiger partial charge in [-0.2, -0.15) is 0 Å². The number of hydrogen-bond acceptors (Lipinski definition) is 4. The molecule has 2 fully saturated rings. The molecule has 0 radical (unpaired) electrons. The summed E-state index contributed by atoms with van der Waals surface area (Å²) < 4.78 is 11.4. The van der Waals surface area contributed by atoms with Crippen molar-refractivity contribution in [2.24, 2.45) is 0 Å². The molecule has 0 aromatic rings. The van der Waals surface area contributed by atoms with E-state index >= 15 is 0 Å². The molecule has 1 aliphatic heterocycles. The molecule has 4 nitrogen and oxygen atoms in total. The number of rotatable bonds is 5. The molecule has 0 amide bonds. The molecular weight excluding hydrogens is 230 g/mol. The Morgan fingerprint density at radius 1 is 1.22 bits per heavy atom. The quantitative estimate of drug-likeness (QED) is 0.809. The van der Waals surface area contributed by atoms with Crippen LogP contribution >= 0.6 is 0 Å². The standard InChI is InChI=1S/C14H27NO3/c1-11-7-15(8-12(2)18-11)9-13(16)10-17-14-5-3-4-6-14/h11-14,16H,3-10H2,1-2H3/t11-,12-,13-/m0/s1. The molecule has 4 heteroatoms. The fourth-order valence-electron chi connectivity index (χ4n) is 3.09. The number of aliphatic hydroxyl groups excluding tert-OH is 1. The summed E-state index contributed by atoms with van der Waals surface area (Å²) in [7, 11) is 0. The number of hydrogen-bond donors (Lipinski definition) is 1. The van der Waals surface area contributed by atoms with E-state index in [2.05, 4.69) is 18.7 Å². The maximum absolute atomic E-state index is 10.0. The molecule has 0 spiro atoms. The first-order valence-electron chi connectivity index (χ1n) is 7.31. The van der Waals surface area contributed by atoms with E-state index < -0.39 is 0 Å². The molecule has 3 atom stereocenters. The lowest BCUT2D eigenvalue weighted by atomic mass is 10.2. The smallest absolute Gasteiger partial charge is 0.0900 e. The Bertz CT molecular complexity index is 233. The number of aliphatic hydroxyl groups is 1. The van der Waals surface area contributed by atoms with Gasteiger partial charge in [-0.1, -0.05) is 12.8 Å². The third-order valence-corrected chi connectivity index (χ3v) is 3.79. The van der Waals surface area contributed by atoms with Gasteiger partial charge in [0.25, 0.3) is 0 Å². The monoisotopic (exact) mass is 257 g/mol.